The molecule has 0 saturated carbocycles. The molecule has 1 aromatic heterocycles. The van der Waals surface area contributed by atoms with Crippen LogP contribution in [0, 0.1) is 0 Å². The number of methoxy groups -OCH3 is 1. The summed E-state index contributed by atoms with van der Waals surface area (Å²) in [7, 11) is 1.45. The minimum atomic E-state index is -0.234. The molecular weight excluding hydrogens is 312 g/mol. The van der Waals surface area contributed by atoms with Gasteiger partial charge in [-0.3, -0.25) is 9.59 Å². The Morgan fingerprint density at radius 1 is 1.10 bits per heavy atom. The van der Waals surface area contributed by atoms with E-state index < -0.39 is 0 Å². The molecule has 2 N–H and O–H groups in total. The van der Waals surface area contributed by atoms with Crippen LogP contribution < -0.4 is 10.6 Å². The van der Waals surface area contributed by atoms with Gasteiger partial charge < -0.3 is 15.4 Å². The number of anilines is 2. The third-order valence-corrected chi connectivity index (χ3v) is 3.73. The van der Waals surface area contributed by atoms with Gasteiger partial charge in [-0.15, -0.1) is 11.3 Å². The predicted molar refractivity (Wildman–Crippen MR) is 84.2 cm³/mol. The van der Waals surface area contributed by atoms with Crippen molar-refractivity contribution in [1.82, 2.24) is 0 Å². The Morgan fingerprint density at radius 3 is 2.24 bits per heavy atom. The number of hydrogen-bond donors (Lipinski definition) is 2. The van der Waals surface area contributed by atoms with Gasteiger partial charge in [0.25, 0.3) is 5.91 Å². The first-order chi connectivity index (χ1) is 10.1. The smallest absolute Gasteiger partial charge is 0.265 e. The Morgan fingerprint density at radius 2 is 1.71 bits per heavy atom. The molecule has 110 valence electrons. The van der Waals surface area contributed by atoms with Crippen LogP contribution in [-0.2, 0) is 9.53 Å². The normalized spacial score (nSPS) is 10.2. The van der Waals surface area contributed by atoms with Crippen LogP contribution in [0.1, 0.15) is 9.67 Å². The van der Waals surface area contributed by atoms with Crippen molar-refractivity contribution in [2.75, 3.05) is 24.4 Å². The number of carbonyl (C=O) groups is 2. The fraction of sp³-hybridized carbons (Fsp3) is 0.143. The zero-order valence-corrected chi connectivity index (χ0v) is 12.8. The van der Waals surface area contributed by atoms with Gasteiger partial charge in [0.05, 0.1) is 9.21 Å². The largest absolute Gasteiger partial charge is 0.375 e. The Hall–Kier alpha value is -1.89. The highest BCUT2D eigenvalue weighted by molar-refractivity contribution is 7.18. The van der Waals surface area contributed by atoms with Gasteiger partial charge in [0, 0.05) is 18.5 Å². The van der Waals surface area contributed by atoms with Gasteiger partial charge >= 0.3 is 0 Å². The fourth-order valence-corrected chi connectivity index (χ4v) is 2.53. The first kappa shape index (κ1) is 15.5. The van der Waals surface area contributed by atoms with E-state index in [0.717, 1.165) is 0 Å². The predicted octanol–water partition coefficient (Wildman–Crippen LogP) is 3.24. The van der Waals surface area contributed by atoms with Crippen LogP contribution in [0.2, 0.25) is 4.34 Å². The molecule has 1 aromatic carbocycles. The summed E-state index contributed by atoms with van der Waals surface area (Å²) in [5.74, 6) is -0.453. The third kappa shape index (κ3) is 4.56. The Bertz CT molecular complexity index is 640. The van der Waals surface area contributed by atoms with E-state index in [-0.39, 0.29) is 18.4 Å². The van der Waals surface area contributed by atoms with Crippen LogP contribution in [0.15, 0.2) is 36.4 Å². The first-order valence-electron chi connectivity index (χ1n) is 6.04. The van der Waals surface area contributed by atoms with Gasteiger partial charge in [-0.2, -0.15) is 0 Å². The topological polar surface area (TPSA) is 67.4 Å². The number of nitrogens with one attached hydrogen (secondary N) is 2. The molecule has 2 aromatic rings. The molecule has 0 atom stereocenters. The molecule has 21 heavy (non-hydrogen) atoms. The van der Waals surface area contributed by atoms with Crippen molar-refractivity contribution in [3.8, 4) is 0 Å². The zero-order chi connectivity index (χ0) is 15.2. The lowest BCUT2D eigenvalue weighted by atomic mass is 10.2. The number of hydrogen-bond acceptors (Lipinski definition) is 4. The number of ether oxygens (including phenoxy) is 1. The average molecular weight is 325 g/mol. The van der Waals surface area contributed by atoms with E-state index in [2.05, 4.69) is 10.6 Å². The lowest BCUT2D eigenvalue weighted by Crippen LogP contribution is -2.17. The number of halogens is 1. The number of rotatable bonds is 5. The molecule has 5 nitrogen and oxygen atoms in total. The molecule has 2 rings (SSSR count). The van der Waals surface area contributed by atoms with E-state index in [9.17, 15) is 9.59 Å². The highest BCUT2D eigenvalue weighted by Crippen LogP contribution is 2.22. The van der Waals surface area contributed by atoms with Crippen LogP contribution in [0.4, 0.5) is 11.4 Å². The summed E-state index contributed by atoms with van der Waals surface area (Å²) in [5.41, 5.74) is 1.27. The molecule has 0 radical (unpaired) electrons. The van der Waals surface area contributed by atoms with Crippen molar-refractivity contribution in [2.24, 2.45) is 0 Å². The second-order valence-electron chi connectivity index (χ2n) is 4.12. The van der Waals surface area contributed by atoms with Crippen LogP contribution >= 0.6 is 22.9 Å². The second kappa shape index (κ2) is 7.21. The molecule has 0 aliphatic heterocycles. The molecule has 0 aliphatic carbocycles. The van der Waals surface area contributed by atoms with Crippen molar-refractivity contribution in [1.29, 1.82) is 0 Å². The van der Waals surface area contributed by atoms with Gasteiger partial charge in [0.15, 0.2) is 0 Å². The van der Waals surface area contributed by atoms with E-state index in [1.807, 2.05) is 0 Å². The number of amides is 2. The van der Waals surface area contributed by atoms with Gasteiger partial charge in [0.2, 0.25) is 5.91 Å². The monoisotopic (exact) mass is 324 g/mol. The van der Waals surface area contributed by atoms with Gasteiger partial charge in [-0.25, -0.2) is 0 Å². The lowest BCUT2D eigenvalue weighted by Gasteiger charge is -2.07. The summed E-state index contributed by atoms with van der Waals surface area (Å²) in [5, 5.41) is 5.42. The van der Waals surface area contributed by atoms with E-state index in [1.165, 1.54) is 18.4 Å². The SMILES string of the molecule is COCC(=O)Nc1ccc(NC(=O)c2ccc(Cl)s2)cc1. The van der Waals surface area contributed by atoms with Gasteiger partial charge in [-0.1, -0.05) is 11.6 Å². The summed E-state index contributed by atoms with van der Waals surface area (Å²) >= 11 is 7.01. The summed E-state index contributed by atoms with van der Waals surface area (Å²) in [4.78, 5) is 23.8. The molecule has 0 saturated heterocycles. The maximum absolute atomic E-state index is 11.9. The van der Waals surface area contributed by atoms with E-state index in [0.29, 0.717) is 20.6 Å². The van der Waals surface area contributed by atoms with Crippen LogP contribution in [-0.4, -0.2) is 25.5 Å². The molecular formula is C14H13ClN2O3S. The number of carbonyl (C=O) groups excluding carboxylic acids is 2. The number of benzene rings is 1. The summed E-state index contributed by atoms with van der Waals surface area (Å²) < 4.78 is 5.29. The van der Waals surface area contributed by atoms with Crippen molar-refractivity contribution < 1.29 is 14.3 Å². The molecule has 0 aliphatic rings. The Balaban J connectivity index is 1.96. The highest BCUT2D eigenvalue weighted by atomic mass is 35.5. The Labute approximate surface area is 130 Å². The van der Waals surface area contributed by atoms with Crippen molar-refractivity contribution in [2.45, 2.75) is 0 Å². The molecule has 2 amide bonds. The molecule has 0 spiro atoms. The van der Waals surface area contributed by atoms with E-state index in [1.54, 1.807) is 36.4 Å². The van der Waals surface area contributed by atoms with E-state index >= 15 is 0 Å². The molecule has 0 bridgehead atoms. The lowest BCUT2D eigenvalue weighted by molar-refractivity contribution is -0.119. The maximum Gasteiger partial charge on any atom is 0.265 e. The third-order valence-electron chi connectivity index (χ3n) is 2.50. The standard InChI is InChI=1S/C14H13ClN2O3S/c1-20-8-13(18)16-9-2-4-10(5-3-9)17-14(19)11-6-7-12(15)21-11/h2-7H,8H2,1H3,(H,16,18)(H,17,19). The second-order valence-corrected chi connectivity index (χ2v) is 5.83. The van der Waals surface area contributed by atoms with Gasteiger partial charge in [-0.05, 0) is 36.4 Å². The maximum atomic E-state index is 11.9. The molecule has 1 heterocycles. The van der Waals surface area contributed by atoms with Crippen LogP contribution in [0.5, 0.6) is 0 Å². The number of thiophene rings is 1. The fourth-order valence-electron chi connectivity index (χ4n) is 1.59. The summed E-state index contributed by atoms with van der Waals surface area (Å²) in [6.07, 6.45) is 0. The first-order valence-corrected chi connectivity index (χ1v) is 7.23. The molecule has 7 heteroatoms. The van der Waals surface area contributed by atoms with Crippen LogP contribution in [0.3, 0.4) is 0 Å². The average Bonchev–Trinajstić information content (AvgIpc) is 2.88. The van der Waals surface area contributed by atoms with Crippen molar-refractivity contribution in [3.63, 3.8) is 0 Å². The van der Waals surface area contributed by atoms with Crippen LogP contribution in [0.25, 0.3) is 0 Å². The van der Waals surface area contributed by atoms with E-state index in [4.69, 9.17) is 16.3 Å². The highest BCUT2D eigenvalue weighted by Gasteiger charge is 2.09. The van der Waals surface area contributed by atoms with Gasteiger partial charge in [0.1, 0.15) is 6.61 Å². The summed E-state index contributed by atoms with van der Waals surface area (Å²) in [6, 6.07) is 10.2. The minimum absolute atomic E-state index is 0.00236. The molecule has 0 unspecified atom stereocenters. The van der Waals surface area contributed by atoms with Crippen molar-refractivity contribution in [3.05, 3.63) is 45.6 Å². The minimum Gasteiger partial charge on any atom is -0.375 e. The quantitative estimate of drug-likeness (QED) is 0.887. The molecule has 0 fully saturated rings. The summed E-state index contributed by atoms with van der Waals surface area (Å²) in [6.45, 7) is -0.00236. The Kier molecular flexibility index (Phi) is 5.32. The zero-order valence-electron chi connectivity index (χ0n) is 11.2. The van der Waals surface area contributed by atoms with Crippen molar-refractivity contribution >= 4 is 46.1 Å².